The first kappa shape index (κ1) is 15.5. The standard InChI is InChI=1S/C18H21N3O2/c1-11-7-8-15-16(18(23)21-13-5-3-4-6-13)9-14(20-12(2)22)10-17(15)19-11/h7-10,13H,3-6H2,1-2H3,(H,20,22)(H,21,23). The van der Waals surface area contributed by atoms with Crippen molar-refractivity contribution in [3.05, 3.63) is 35.5 Å². The van der Waals surface area contributed by atoms with Gasteiger partial charge in [0.15, 0.2) is 0 Å². The van der Waals surface area contributed by atoms with E-state index < -0.39 is 0 Å². The van der Waals surface area contributed by atoms with Gasteiger partial charge in [-0.1, -0.05) is 18.9 Å². The number of aromatic nitrogens is 1. The van der Waals surface area contributed by atoms with Gasteiger partial charge in [-0.05, 0) is 38.0 Å². The smallest absolute Gasteiger partial charge is 0.252 e. The summed E-state index contributed by atoms with van der Waals surface area (Å²) >= 11 is 0. The molecule has 3 rings (SSSR count). The minimum Gasteiger partial charge on any atom is -0.349 e. The average molecular weight is 311 g/mol. The highest BCUT2D eigenvalue weighted by atomic mass is 16.2. The van der Waals surface area contributed by atoms with Crippen molar-refractivity contribution in [1.29, 1.82) is 0 Å². The Morgan fingerprint density at radius 3 is 2.61 bits per heavy atom. The molecule has 1 heterocycles. The van der Waals surface area contributed by atoms with E-state index in [2.05, 4.69) is 15.6 Å². The number of pyridine rings is 1. The Morgan fingerprint density at radius 2 is 1.91 bits per heavy atom. The SMILES string of the molecule is CC(=O)Nc1cc(C(=O)NC2CCCC2)c2ccc(C)nc2c1. The van der Waals surface area contributed by atoms with Crippen LogP contribution in [0.25, 0.3) is 10.9 Å². The van der Waals surface area contributed by atoms with E-state index in [0.29, 0.717) is 16.8 Å². The summed E-state index contributed by atoms with van der Waals surface area (Å²) in [5.74, 6) is -0.265. The average Bonchev–Trinajstić information content (AvgIpc) is 2.98. The maximum Gasteiger partial charge on any atom is 0.252 e. The fourth-order valence-electron chi connectivity index (χ4n) is 3.13. The minimum absolute atomic E-state index is 0.0974. The van der Waals surface area contributed by atoms with Crippen LogP contribution in [0.5, 0.6) is 0 Å². The predicted octanol–water partition coefficient (Wildman–Crippen LogP) is 3.17. The van der Waals surface area contributed by atoms with Gasteiger partial charge in [0.2, 0.25) is 5.91 Å². The van der Waals surface area contributed by atoms with Gasteiger partial charge in [-0.2, -0.15) is 0 Å². The number of hydrogen-bond acceptors (Lipinski definition) is 3. The van der Waals surface area contributed by atoms with Crippen LogP contribution in [-0.2, 0) is 4.79 Å². The number of fused-ring (bicyclic) bond motifs is 1. The molecule has 1 aliphatic rings. The lowest BCUT2D eigenvalue weighted by Gasteiger charge is -2.15. The summed E-state index contributed by atoms with van der Waals surface area (Å²) in [6, 6.07) is 7.59. The van der Waals surface area contributed by atoms with Crippen molar-refractivity contribution in [3.63, 3.8) is 0 Å². The largest absolute Gasteiger partial charge is 0.349 e. The van der Waals surface area contributed by atoms with Gasteiger partial charge in [0.05, 0.1) is 11.1 Å². The second-order valence-electron chi connectivity index (χ2n) is 6.18. The Kier molecular flexibility index (Phi) is 4.28. The van der Waals surface area contributed by atoms with Crippen molar-refractivity contribution in [2.45, 2.75) is 45.6 Å². The van der Waals surface area contributed by atoms with Crippen LogP contribution in [0.2, 0.25) is 0 Å². The Morgan fingerprint density at radius 1 is 1.17 bits per heavy atom. The van der Waals surface area contributed by atoms with E-state index in [1.54, 1.807) is 12.1 Å². The molecule has 2 N–H and O–H groups in total. The van der Waals surface area contributed by atoms with Crippen LogP contribution < -0.4 is 10.6 Å². The zero-order chi connectivity index (χ0) is 16.4. The second kappa shape index (κ2) is 6.36. The molecule has 0 saturated heterocycles. The Bertz CT molecular complexity index is 764. The molecule has 2 aromatic rings. The van der Waals surface area contributed by atoms with Crippen LogP contribution in [-0.4, -0.2) is 22.8 Å². The summed E-state index contributed by atoms with van der Waals surface area (Å²) < 4.78 is 0. The van der Waals surface area contributed by atoms with Crippen LogP contribution >= 0.6 is 0 Å². The highest BCUT2D eigenvalue weighted by Gasteiger charge is 2.20. The molecule has 1 aromatic heterocycles. The second-order valence-corrected chi connectivity index (χ2v) is 6.18. The summed E-state index contributed by atoms with van der Waals surface area (Å²) in [7, 11) is 0. The van der Waals surface area contributed by atoms with Crippen LogP contribution in [0.4, 0.5) is 5.69 Å². The molecule has 5 nitrogen and oxygen atoms in total. The number of nitrogens with zero attached hydrogens (tertiary/aromatic N) is 1. The quantitative estimate of drug-likeness (QED) is 0.914. The van der Waals surface area contributed by atoms with Crippen LogP contribution in [0.1, 0.15) is 48.7 Å². The maximum absolute atomic E-state index is 12.7. The first-order valence-electron chi connectivity index (χ1n) is 8.03. The van der Waals surface area contributed by atoms with E-state index in [0.717, 1.165) is 23.9 Å². The number of carbonyl (C=O) groups excluding carboxylic acids is 2. The highest BCUT2D eigenvalue weighted by molar-refractivity contribution is 6.08. The lowest BCUT2D eigenvalue weighted by atomic mass is 10.0. The number of benzene rings is 1. The van der Waals surface area contributed by atoms with Gasteiger partial charge in [-0.25, -0.2) is 0 Å². The lowest BCUT2D eigenvalue weighted by Crippen LogP contribution is -2.32. The van der Waals surface area contributed by atoms with E-state index in [1.165, 1.54) is 19.8 Å². The topological polar surface area (TPSA) is 71.1 Å². The number of hydrogen-bond donors (Lipinski definition) is 2. The first-order valence-corrected chi connectivity index (χ1v) is 8.03. The Labute approximate surface area is 135 Å². The molecule has 0 unspecified atom stereocenters. The number of rotatable bonds is 3. The minimum atomic E-state index is -0.167. The highest BCUT2D eigenvalue weighted by Crippen LogP contribution is 2.25. The van der Waals surface area contributed by atoms with Gasteiger partial charge in [0, 0.05) is 29.7 Å². The molecule has 0 atom stereocenters. The van der Waals surface area contributed by atoms with Gasteiger partial charge in [-0.3, -0.25) is 14.6 Å². The van der Waals surface area contributed by atoms with Crippen molar-refractivity contribution in [2.75, 3.05) is 5.32 Å². The van der Waals surface area contributed by atoms with Crippen molar-refractivity contribution in [1.82, 2.24) is 10.3 Å². The molecule has 5 heteroatoms. The Balaban J connectivity index is 2.01. The molecule has 2 amide bonds. The third kappa shape index (κ3) is 3.50. The van der Waals surface area contributed by atoms with Crippen molar-refractivity contribution in [3.8, 4) is 0 Å². The zero-order valence-corrected chi connectivity index (χ0v) is 13.5. The molecule has 0 bridgehead atoms. The van der Waals surface area contributed by atoms with Crippen LogP contribution in [0.3, 0.4) is 0 Å². The van der Waals surface area contributed by atoms with E-state index in [1.807, 2.05) is 19.1 Å². The molecule has 120 valence electrons. The van der Waals surface area contributed by atoms with Gasteiger partial charge in [-0.15, -0.1) is 0 Å². The molecule has 1 saturated carbocycles. The summed E-state index contributed by atoms with van der Waals surface area (Å²) in [4.78, 5) is 28.5. The van der Waals surface area contributed by atoms with Gasteiger partial charge in [0.25, 0.3) is 5.91 Å². The van der Waals surface area contributed by atoms with Crippen molar-refractivity contribution < 1.29 is 9.59 Å². The third-order valence-electron chi connectivity index (χ3n) is 4.20. The van der Waals surface area contributed by atoms with E-state index in [-0.39, 0.29) is 17.9 Å². The fourth-order valence-corrected chi connectivity index (χ4v) is 3.13. The van der Waals surface area contributed by atoms with Gasteiger partial charge in [0.1, 0.15) is 0 Å². The number of nitrogens with one attached hydrogen (secondary N) is 2. The normalized spacial score (nSPS) is 14.9. The van der Waals surface area contributed by atoms with Crippen molar-refractivity contribution >= 4 is 28.4 Å². The molecule has 1 fully saturated rings. The van der Waals surface area contributed by atoms with E-state index >= 15 is 0 Å². The molecule has 1 aliphatic carbocycles. The lowest BCUT2D eigenvalue weighted by molar-refractivity contribution is -0.114. The maximum atomic E-state index is 12.7. The molecule has 0 aliphatic heterocycles. The Hall–Kier alpha value is -2.43. The molecule has 1 aromatic carbocycles. The number of amides is 2. The predicted molar refractivity (Wildman–Crippen MR) is 90.5 cm³/mol. The molecular weight excluding hydrogens is 290 g/mol. The summed E-state index contributed by atoms with van der Waals surface area (Å²) in [5, 5.41) is 6.66. The summed E-state index contributed by atoms with van der Waals surface area (Å²) in [5.41, 5.74) is 2.75. The number of aryl methyl sites for hydroxylation is 1. The third-order valence-corrected chi connectivity index (χ3v) is 4.20. The molecule has 0 spiro atoms. The van der Waals surface area contributed by atoms with E-state index in [4.69, 9.17) is 0 Å². The molecule has 23 heavy (non-hydrogen) atoms. The number of carbonyl (C=O) groups is 2. The first-order chi connectivity index (χ1) is 11.0. The van der Waals surface area contributed by atoms with E-state index in [9.17, 15) is 9.59 Å². The van der Waals surface area contributed by atoms with Crippen LogP contribution in [0, 0.1) is 6.92 Å². The summed E-state index contributed by atoms with van der Waals surface area (Å²) in [6.07, 6.45) is 4.40. The zero-order valence-electron chi connectivity index (χ0n) is 13.5. The number of anilines is 1. The van der Waals surface area contributed by atoms with Crippen molar-refractivity contribution in [2.24, 2.45) is 0 Å². The fraction of sp³-hybridized carbons (Fsp3) is 0.389. The molecular formula is C18H21N3O2. The monoisotopic (exact) mass is 311 g/mol. The summed E-state index contributed by atoms with van der Waals surface area (Å²) in [6.45, 7) is 3.36. The van der Waals surface area contributed by atoms with Crippen LogP contribution in [0.15, 0.2) is 24.3 Å². The molecule has 0 radical (unpaired) electrons. The van der Waals surface area contributed by atoms with Gasteiger partial charge < -0.3 is 10.6 Å². The van der Waals surface area contributed by atoms with Gasteiger partial charge >= 0.3 is 0 Å².